The Bertz CT molecular complexity index is 2160. The third kappa shape index (κ3) is 7.15. The molecule has 2 saturated heterocycles. The molecule has 0 unspecified atom stereocenters. The number of ether oxygens (including phenoxy) is 4. The lowest BCUT2D eigenvalue weighted by Gasteiger charge is -2.31. The Morgan fingerprint density at radius 2 is 1.33 bits per heavy atom. The molecule has 0 radical (unpaired) electrons. The number of aliphatic imine (C=N–C) groups is 1. The Morgan fingerprint density at radius 3 is 1.88 bits per heavy atom. The molecule has 0 bridgehead atoms. The van der Waals surface area contributed by atoms with Crippen LogP contribution in [-0.2, 0) is 32.3 Å². The molecule has 0 saturated carbocycles. The second-order valence-electron chi connectivity index (χ2n) is 16.3. The maximum Gasteiger partial charge on any atom is 0.407 e. The van der Waals surface area contributed by atoms with Crippen LogP contribution in [0.4, 0.5) is 9.59 Å². The fourth-order valence-corrected chi connectivity index (χ4v) is 8.96. The highest BCUT2D eigenvalue weighted by Gasteiger charge is 2.40. The molecule has 15 nitrogen and oxygen atoms in total. The number of nitrogens with zero attached hydrogens (tertiary/aromatic N) is 4. The van der Waals surface area contributed by atoms with Crippen LogP contribution in [0.25, 0.3) is 28.0 Å². The number of hydrogen-bond acceptors (Lipinski definition) is 10. The van der Waals surface area contributed by atoms with E-state index in [1.165, 1.54) is 14.2 Å². The number of aromatic nitrogens is 2. The van der Waals surface area contributed by atoms with Gasteiger partial charge in [-0.25, -0.2) is 14.6 Å². The lowest BCUT2D eigenvalue weighted by atomic mass is 9.86. The van der Waals surface area contributed by atoms with E-state index in [4.69, 9.17) is 28.9 Å². The van der Waals surface area contributed by atoms with Crippen LogP contribution in [0.15, 0.2) is 41.7 Å². The van der Waals surface area contributed by atoms with Gasteiger partial charge in [0.2, 0.25) is 11.8 Å². The van der Waals surface area contributed by atoms with Crippen molar-refractivity contribution in [2.24, 2.45) is 16.8 Å². The molecule has 2 fully saturated rings. The molecule has 5 aliphatic rings. The van der Waals surface area contributed by atoms with E-state index in [0.717, 1.165) is 87.5 Å². The van der Waals surface area contributed by atoms with E-state index in [-0.39, 0.29) is 35.7 Å². The third-order valence-corrected chi connectivity index (χ3v) is 12.0. The summed E-state index contributed by atoms with van der Waals surface area (Å²) in [5, 5.41) is 5.42. The average Bonchev–Trinajstić information content (AvgIpc) is 4.06. The topological polar surface area (TPSA) is 177 Å². The van der Waals surface area contributed by atoms with Crippen LogP contribution in [0.3, 0.4) is 0 Å². The summed E-state index contributed by atoms with van der Waals surface area (Å²) in [7, 11) is 2.58. The van der Waals surface area contributed by atoms with Crippen molar-refractivity contribution in [3.63, 3.8) is 0 Å². The van der Waals surface area contributed by atoms with Gasteiger partial charge in [-0.15, -0.1) is 0 Å². The Morgan fingerprint density at radius 1 is 0.776 bits per heavy atom. The summed E-state index contributed by atoms with van der Waals surface area (Å²) in [5.74, 6) is 1.65. The Labute approximate surface area is 337 Å². The standard InChI is InChI=1S/C43H51N7O8/c1-22(2)37(47-42(53)55-5)40(51)49-11-7-9-31(49)29-15-26(18-44-29)24-13-27-20-57-33-16-25(17-34-36(33)35(27)28(14-24)21-58-34)30-19-45-39(46-30)32-10-8-12-50(32)41(52)38(23(3)4)48-43(54)56-6/h13-14,16-19,22-23,31-32,37-38H,7-12,15,20-21H2,1-6H3,(H,45,46)(H,47,53)(H,48,54)/t31-,32-,37-,38-/m0/s1. The number of aromatic amines is 1. The van der Waals surface area contributed by atoms with E-state index in [9.17, 15) is 19.2 Å². The molecule has 1 aromatic heterocycles. The first-order valence-electron chi connectivity index (χ1n) is 20.2. The third-order valence-electron chi connectivity index (χ3n) is 12.0. The summed E-state index contributed by atoms with van der Waals surface area (Å²) in [5.41, 5.74) is 8.94. The number of nitrogens with one attached hydrogen (secondary N) is 3. The van der Waals surface area contributed by atoms with E-state index >= 15 is 0 Å². The van der Waals surface area contributed by atoms with Crippen molar-refractivity contribution in [2.75, 3.05) is 27.3 Å². The number of carbonyl (C=O) groups is 4. The van der Waals surface area contributed by atoms with Crippen molar-refractivity contribution in [1.82, 2.24) is 30.4 Å². The number of likely N-dealkylation sites (tertiary alicyclic amines) is 2. The number of hydrogen-bond donors (Lipinski definition) is 3. The first kappa shape index (κ1) is 39.0. The van der Waals surface area contributed by atoms with Gasteiger partial charge in [-0.3, -0.25) is 14.6 Å². The Balaban J connectivity index is 0.983. The molecule has 8 rings (SSSR count). The summed E-state index contributed by atoms with van der Waals surface area (Å²) in [6.45, 7) is 9.59. The molecule has 3 N–H and O–H groups in total. The van der Waals surface area contributed by atoms with Gasteiger partial charge in [-0.2, -0.15) is 0 Å². The van der Waals surface area contributed by atoms with Crippen LogP contribution in [0.5, 0.6) is 11.5 Å². The summed E-state index contributed by atoms with van der Waals surface area (Å²) >= 11 is 0. The maximum atomic E-state index is 13.7. The molecular formula is C43H51N7O8. The molecule has 58 heavy (non-hydrogen) atoms. The maximum absolute atomic E-state index is 13.7. The zero-order valence-corrected chi connectivity index (χ0v) is 33.8. The predicted molar refractivity (Wildman–Crippen MR) is 215 cm³/mol. The molecule has 4 atom stereocenters. The number of H-pyrrole nitrogens is 1. The summed E-state index contributed by atoms with van der Waals surface area (Å²) in [6, 6.07) is 6.61. The lowest BCUT2D eigenvalue weighted by Crippen LogP contribution is -2.53. The molecule has 4 amide bonds. The van der Waals surface area contributed by atoms with Gasteiger partial charge in [0.15, 0.2) is 0 Å². The number of benzene rings is 2. The highest BCUT2D eigenvalue weighted by Crippen LogP contribution is 2.51. The first-order valence-corrected chi connectivity index (χ1v) is 20.2. The van der Waals surface area contributed by atoms with E-state index in [2.05, 4.69) is 27.8 Å². The quantitative estimate of drug-likeness (QED) is 0.218. The predicted octanol–water partition coefficient (Wildman–Crippen LogP) is 6.13. The number of methoxy groups -OCH3 is 2. The number of amides is 4. The van der Waals surface area contributed by atoms with Crippen molar-refractivity contribution in [3.05, 3.63) is 59.2 Å². The van der Waals surface area contributed by atoms with Crippen molar-refractivity contribution in [1.29, 1.82) is 0 Å². The number of imidazole rings is 1. The van der Waals surface area contributed by atoms with Crippen molar-refractivity contribution < 1.29 is 38.1 Å². The molecule has 3 aromatic rings. The first-order chi connectivity index (χ1) is 27.9. The summed E-state index contributed by atoms with van der Waals surface area (Å²) < 4.78 is 22.4. The minimum absolute atomic E-state index is 0.103. The smallest absolute Gasteiger partial charge is 0.407 e. The number of rotatable bonds is 10. The fourth-order valence-electron chi connectivity index (χ4n) is 8.96. The molecule has 15 heteroatoms. The molecule has 6 heterocycles. The van der Waals surface area contributed by atoms with Crippen LogP contribution in [0.1, 0.15) is 88.4 Å². The van der Waals surface area contributed by atoms with Gasteiger partial charge in [0.1, 0.15) is 42.6 Å². The monoisotopic (exact) mass is 793 g/mol. The van der Waals surface area contributed by atoms with E-state index in [1.807, 2.05) is 50.9 Å². The molecule has 306 valence electrons. The molecule has 0 spiro atoms. The molecule has 0 aliphatic carbocycles. The van der Waals surface area contributed by atoms with Crippen LogP contribution < -0.4 is 20.1 Å². The molecule has 2 aromatic carbocycles. The zero-order valence-electron chi connectivity index (χ0n) is 33.8. The minimum atomic E-state index is -0.711. The van der Waals surface area contributed by atoms with Gasteiger partial charge in [0, 0.05) is 42.5 Å². The van der Waals surface area contributed by atoms with E-state index in [1.54, 1.807) is 11.1 Å². The average molecular weight is 794 g/mol. The van der Waals surface area contributed by atoms with Crippen LogP contribution in [0, 0.1) is 11.8 Å². The molecule has 5 aliphatic heterocycles. The zero-order chi connectivity index (χ0) is 40.8. The minimum Gasteiger partial charge on any atom is -0.488 e. The Hall–Kier alpha value is -5.86. The van der Waals surface area contributed by atoms with Gasteiger partial charge >= 0.3 is 12.2 Å². The number of carbonyl (C=O) groups excluding carboxylic acids is 4. The highest BCUT2D eigenvalue weighted by molar-refractivity contribution is 6.04. The summed E-state index contributed by atoms with van der Waals surface area (Å²) in [6.07, 6.45) is 6.33. The highest BCUT2D eigenvalue weighted by atomic mass is 16.5. The largest absolute Gasteiger partial charge is 0.488 e. The van der Waals surface area contributed by atoms with Crippen LogP contribution >= 0.6 is 0 Å². The van der Waals surface area contributed by atoms with Gasteiger partial charge in [0.25, 0.3) is 0 Å². The fraction of sp³-hybridized carbons (Fsp3) is 0.488. The normalized spacial score (nSPS) is 20.1. The van der Waals surface area contributed by atoms with E-state index in [0.29, 0.717) is 38.5 Å². The van der Waals surface area contributed by atoms with Gasteiger partial charge in [-0.05, 0) is 84.0 Å². The van der Waals surface area contributed by atoms with Crippen molar-refractivity contribution >= 4 is 35.3 Å². The second-order valence-corrected chi connectivity index (χ2v) is 16.3. The van der Waals surface area contributed by atoms with Crippen LogP contribution in [0.2, 0.25) is 0 Å². The second kappa shape index (κ2) is 15.8. The summed E-state index contributed by atoms with van der Waals surface area (Å²) in [4.78, 5) is 68.1. The van der Waals surface area contributed by atoms with Crippen LogP contribution in [-0.4, -0.2) is 94.9 Å². The number of allylic oxidation sites excluding steroid dienone is 1. The lowest BCUT2D eigenvalue weighted by molar-refractivity contribution is -0.135. The van der Waals surface area contributed by atoms with Gasteiger partial charge < -0.3 is 44.4 Å². The number of alkyl carbamates (subject to hydrolysis) is 2. The van der Waals surface area contributed by atoms with Crippen molar-refractivity contribution in [2.45, 2.75) is 97.2 Å². The SMILES string of the molecule is COC(=O)N[C@H](C(=O)N1CCC[C@H]1C1=NC=C(c2cc3c4c(c2)COc2cc(-c5cnc([C@@H]6CCCN6C(=O)[C@@H](NC(=O)OC)C(C)C)[nH]5)cc(c2-4)OC3)C1)C(C)C. The van der Waals surface area contributed by atoms with Gasteiger partial charge in [0.05, 0.1) is 43.8 Å². The Kier molecular flexibility index (Phi) is 10.6. The molecular weight excluding hydrogens is 743 g/mol. The van der Waals surface area contributed by atoms with Crippen molar-refractivity contribution in [3.8, 4) is 33.9 Å². The van der Waals surface area contributed by atoms with E-state index < -0.39 is 24.3 Å². The van der Waals surface area contributed by atoms with Gasteiger partial charge in [-0.1, -0.05) is 27.7 Å².